The number of rotatable bonds is 3. The van der Waals surface area contributed by atoms with Gasteiger partial charge in [-0.1, -0.05) is 0 Å². The Bertz CT molecular complexity index is 201. The van der Waals surface area contributed by atoms with Gasteiger partial charge >= 0.3 is 0 Å². The van der Waals surface area contributed by atoms with Crippen LogP contribution < -0.4 is 0 Å². The first-order chi connectivity index (χ1) is 5.25. The minimum atomic E-state index is -1.22. The summed E-state index contributed by atoms with van der Waals surface area (Å²) in [6.45, 7) is -0.512. The van der Waals surface area contributed by atoms with Crippen LogP contribution in [0.2, 0.25) is 0 Å². The summed E-state index contributed by atoms with van der Waals surface area (Å²) in [5.41, 5.74) is 0. The second-order valence-corrected chi connectivity index (χ2v) is 2.07. The molecule has 0 aliphatic carbocycles. The maximum Gasteiger partial charge on any atom is 0.155 e. The number of aromatic amines is 1. The highest BCUT2D eigenvalue weighted by Gasteiger charge is 2.19. The highest BCUT2D eigenvalue weighted by atomic mass is 16.4. The SMILES string of the molecule is OCC(O)C(O)c1ncn[nH]1. The number of H-pyrrole nitrogens is 1. The van der Waals surface area contributed by atoms with Gasteiger partial charge in [0.05, 0.1) is 6.61 Å². The molecule has 2 atom stereocenters. The van der Waals surface area contributed by atoms with E-state index in [4.69, 9.17) is 15.3 Å². The summed E-state index contributed by atoms with van der Waals surface area (Å²) >= 11 is 0. The fourth-order valence-corrected chi connectivity index (χ4v) is 0.640. The van der Waals surface area contributed by atoms with Crippen molar-refractivity contribution in [1.29, 1.82) is 0 Å². The zero-order valence-electron chi connectivity index (χ0n) is 5.68. The van der Waals surface area contributed by atoms with E-state index in [1.54, 1.807) is 0 Å². The monoisotopic (exact) mass is 159 g/mol. The molecule has 0 aromatic carbocycles. The van der Waals surface area contributed by atoms with Crippen molar-refractivity contribution >= 4 is 0 Å². The van der Waals surface area contributed by atoms with Gasteiger partial charge in [-0.25, -0.2) is 4.98 Å². The number of aliphatic hydroxyl groups is 3. The number of hydrogen-bond donors (Lipinski definition) is 4. The van der Waals surface area contributed by atoms with E-state index in [-0.39, 0.29) is 5.82 Å². The van der Waals surface area contributed by atoms with E-state index in [1.807, 2.05) is 0 Å². The summed E-state index contributed by atoms with van der Waals surface area (Å²) in [5.74, 6) is 0.145. The number of nitrogens with zero attached hydrogens (tertiary/aromatic N) is 2. The molecule has 6 heteroatoms. The van der Waals surface area contributed by atoms with Crippen molar-refractivity contribution in [3.63, 3.8) is 0 Å². The maximum absolute atomic E-state index is 9.13. The lowest BCUT2D eigenvalue weighted by Crippen LogP contribution is -2.22. The van der Waals surface area contributed by atoms with E-state index in [2.05, 4.69) is 15.2 Å². The quantitative estimate of drug-likeness (QED) is 0.416. The lowest BCUT2D eigenvalue weighted by Gasteiger charge is -2.11. The Hall–Kier alpha value is -0.980. The molecular formula is C5H9N3O3. The third kappa shape index (κ3) is 1.73. The molecule has 0 amide bonds. The molecule has 0 saturated heterocycles. The molecule has 0 aliphatic rings. The average molecular weight is 159 g/mol. The van der Waals surface area contributed by atoms with E-state index >= 15 is 0 Å². The van der Waals surface area contributed by atoms with Crippen LogP contribution in [-0.4, -0.2) is 43.2 Å². The first kappa shape index (κ1) is 8.12. The van der Waals surface area contributed by atoms with E-state index in [9.17, 15) is 0 Å². The second-order valence-electron chi connectivity index (χ2n) is 2.07. The number of nitrogens with one attached hydrogen (secondary N) is 1. The van der Waals surface area contributed by atoms with Gasteiger partial charge in [0, 0.05) is 0 Å². The molecule has 0 fully saturated rings. The third-order valence-corrected chi connectivity index (χ3v) is 1.27. The molecule has 1 aromatic heterocycles. The van der Waals surface area contributed by atoms with Gasteiger partial charge in [0.25, 0.3) is 0 Å². The summed E-state index contributed by atoms with van der Waals surface area (Å²) in [6.07, 6.45) is -1.21. The van der Waals surface area contributed by atoms with Crippen molar-refractivity contribution in [3.05, 3.63) is 12.2 Å². The molecule has 11 heavy (non-hydrogen) atoms. The predicted molar refractivity (Wildman–Crippen MR) is 34.4 cm³/mol. The molecule has 0 radical (unpaired) electrons. The highest BCUT2D eigenvalue weighted by Crippen LogP contribution is 2.09. The number of hydrogen-bond acceptors (Lipinski definition) is 5. The van der Waals surface area contributed by atoms with Crippen LogP contribution in [-0.2, 0) is 0 Å². The zero-order chi connectivity index (χ0) is 8.27. The summed E-state index contributed by atoms with van der Waals surface area (Å²) in [4.78, 5) is 3.60. The molecule has 1 rings (SSSR count). The van der Waals surface area contributed by atoms with Crippen LogP contribution in [0.15, 0.2) is 6.33 Å². The normalized spacial score (nSPS) is 16.3. The van der Waals surface area contributed by atoms with Gasteiger partial charge in [-0.2, -0.15) is 5.10 Å². The van der Waals surface area contributed by atoms with Gasteiger partial charge in [0.2, 0.25) is 0 Å². The fourth-order valence-electron chi connectivity index (χ4n) is 0.640. The largest absolute Gasteiger partial charge is 0.394 e. The van der Waals surface area contributed by atoms with E-state index in [0.717, 1.165) is 0 Å². The first-order valence-corrected chi connectivity index (χ1v) is 3.08. The van der Waals surface area contributed by atoms with Gasteiger partial charge in [-0.05, 0) is 0 Å². The smallest absolute Gasteiger partial charge is 0.155 e. The third-order valence-electron chi connectivity index (χ3n) is 1.27. The van der Waals surface area contributed by atoms with E-state index in [0.29, 0.717) is 0 Å². The molecule has 62 valence electrons. The van der Waals surface area contributed by atoms with Crippen LogP contribution in [0.25, 0.3) is 0 Å². The van der Waals surface area contributed by atoms with Crippen molar-refractivity contribution < 1.29 is 15.3 Å². The van der Waals surface area contributed by atoms with Gasteiger partial charge < -0.3 is 15.3 Å². The molecule has 0 bridgehead atoms. The Morgan fingerprint density at radius 3 is 2.73 bits per heavy atom. The van der Waals surface area contributed by atoms with Crippen LogP contribution in [0.4, 0.5) is 0 Å². The van der Waals surface area contributed by atoms with E-state index < -0.39 is 18.8 Å². The number of aromatic nitrogens is 3. The minimum absolute atomic E-state index is 0.145. The molecule has 4 N–H and O–H groups in total. The second kappa shape index (κ2) is 3.42. The van der Waals surface area contributed by atoms with E-state index in [1.165, 1.54) is 6.33 Å². The van der Waals surface area contributed by atoms with Crippen molar-refractivity contribution in [2.45, 2.75) is 12.2 Å². The van der Waals surface area contributed by atoms with Gasteiger partial charge in [0.15, 0.2) is 5.82 Å². The Morgan fingerprint density at radius 2 is 2.27 bits per heavy atom. The Labute approximate surface area is 62.5 Å². The Balaban J connectivity index is 2.62. The van der Waals surface area contributed by atoms with Gasteiger partial charge in [-0.3, -0.25) is 5.10 Å². The molecular weight excluding hydrogens is 150 g/mol. The van der Waals surface area contributed by atoms with Crippen molar-refractivity contribution in [3.8, 4) is 0 Å². The lowest BCUT2D eigenvalue weighted by molar-refractivity contribution is -0.0193. The molecule has 0 spiro atoms. The van der Waals surface area contributed by atoms with Gasteiger partial charge in [-0.15, -0.1) is 0 Å². The zero-order valence-corrected chi connectivity index (χ0v) is 5.68. The maximum atomic E-state index is 9.13. The summed E-state index contributed by atoms with van der Waals surface area (Å²) < 4.78 is 0. The summed E-state index contributed by atoms with van der Waals surface area (Å²) in [6, 6.07) is 0. The topological polar surface area (TPSA) is 102 Å². The van der Waals surface area contributed by atoms with Crippen LogP contribution in [0.3, 0.4) is 0 Å². The first-order valence-electron chi connectivity index (χ1n) is 3.08. The molecule has 1 aromatic rings. The van der Waals surface area contributed by atoms with Crippen molar-refractivity contribution in [2.24, 2.45) is 0 Å². The summed E-state index contributed by atoms with van der Waals surface area (Å²) in [5, 5.41) is 32.3. The minimum Gasteiger partial charge on any atom is -0.394 e. The number of aliphatic hydroxyl groups excluding tert-OH is 3. The molecule has 0 aliphatic heterocycles. The average Bonchev–Trinajstić information content (AvgIpc) is 2.53. The standard InChI is InChI=1S/C5H9N3O3/c9-1-3(10)4(11)5-6-2-7-8-5/h2-4,9-11H,1H2,(H,6,7,8). The van der Waals surface area contributed by atoms with Crippen LogP contribution >= 0.6 is 0 Å². The molecule has 6 nitrogen and oxygen atoms in total. The van der Waals surface area contributed by atoms with Crippen molar-refractivity contribution in [2.75, 3.05) is 6.61 Å². The van der Waals surface area contributed by atoms with Crippen molar-refractivity contribution in [1.82, 2.24) is 15.2 Å². The molecule has 1 heterocycles. The Kier molecular flexibility index (Phi) is 2.53. The van der Waals surface area contributed by atoms with Crippen LogP contribution in [0.1, 0.15) is 11.9 Å². The molecule has 2 unspecified atom stereocenters. The predicted octanol–water partition coefficient (Wildman–Crippen LogP) is -1.81. The molecule has 0 saturated carbocycles. The fraction of sp³-hybridized carbons (Fsp3) is 0.600. The van der Waals surface area contributed by atoms with Crippen LogP contribution in [0.5, 0.6) is 0 Å². The van der Waals surface area contributed by atoms with Gasteiger partial charge in [0.1, 0.15) is 18.5 Å². The highest BCUT2D eigenvalue weighted by molar-refractivity contribution is 4.89. The summed E-state index contributed by atoms with van der Waals surface area (Å²) in [7, 11) is 0. The Morgan fingerprint density at radius 1 is 1.55 bits per heavy atom. The van der Waals surface area contributed by atoms with Crippen LogP contribution in [0, 0.1) is 0 Å². The lowest BCUT2D eigenvalue weighted by atomic mass is 10.2.